The Morgan fingerprint density at radius 1 is 1.20 bits per heavy atom. The van der Waals surface area contributed by atoms with Crippen LogP contribution in [0.1, 0.15) is 42.0 Å². The second-order valence-electron chi connectivity index (χ2n) is 6.86. The van der Waals surface area contributed by atoms with Gasteiger partial charge in [0.15, 0.2) is 5.69 Å². The summed E-state index contributed by atoms with van der Waals surface area (Å²) in [7, 11) is 0. The van der Waals surface area contributed by atoms with Crippen LogP contribution >= 0.6 is 12.4 Å². The molecule has 25 heavy (non-hydrogen) atoms. The zero-order chi connectivity index (χ0) is 16.7. The first kappa shape index (κ1) is 18.0. The third kappa shape index (κ3) is 3.07. The summed E-state index contributed by atoms with van der Waals surface area (Å²) in [6.07, 6.45) is 3.06. The van der Waals surface area contributed by atoms with Gasteiger partial charge in [0.05, 0.1) is 5.69 Å². The number of aromatic nitrogens is 2. The Balaban J connectivity index is 0.00000182. The predicted molar refractivity (Wildman–Crippen MR) is 101 cm³/mol. The number of carbonyl (C=O) groups is 1. The van der Waals surface area contributed by atoms with Crippen LogP contribution in [-0.4, -0.2) is 45.8 Å². The van der Waals surface area contributed by atoms with Crippen molar-refractivity contribution in [2.24, 2.45) is 0 Å². The van der Waals surface area contributed by atoms with Crippen LogP contribution in [0, 0.1) is 0 Å². The van der Waals surface area contributed by atoms with Gasteiger partial charge in [0.2, 0.25) is 0 Å². The van der Waals surface area contributed by atoms with E-state index in [4.69, 9.17) is 5.10 Å². The molecule has 1 saturated heterocycles. The monoisotopic (exact) mass is 360 g/mol. The lowest BCUT2D eigenvalue weighted by molar-refractivity contribution is 0.0595. The van der Waals surface area contributed by atoms with Crippen molar-refractivity contribution >= 4 is 18.3 Å². The zero-order valence-corrected chi connectivity index (χ0v) is 15.6. The molecule has 1 aromatic heterocycles. The Labute approximate surface area is 154 Å². The minimum atomic E-state index is 0. The van der Waals surface area contributed by atoms with Gasteiger partial charge in [0.1, 0.15) is 0 Å². The predicted octanol–water partition coefficient (Wildman–Crippen LogP) is 2.61. The number of amides is 1. The van der Waals surface area contributed by atoms with E-state index >= 15 is 0 Å². The number of benzene rings is 1. The average Bonchev–Trinajstić information content (AvgIpc) is 3.20. The lowest BCUT2D eigenvalue weighted by Crippen LogP contribution is -2.57. The maximum atomic E-state index is 13.2. The molecule has 0 saturated carbocycles. The molecule has 2 aliphatic rings. The first-order valence-electron chi connectivity index (χ1n) is 8.87. The van der Waals surface area contributed by atoms with Gasteiger partial charge in [-0.2, -0.15) is 5.10 Å². The van der Waals surface area contributed by atoms with E-state index in [0.717, 1.165) is 43.6 Å². The molecule has 0 spiro atoms. The minimum Gasteiger partial charge on any atom is -0.332 e. The summed E-state index contributed by atoms with van der Waals surface area (Å²) in [5.41, 5.74) is 4.06. The maximum Gasteiger partial charge on any atom is 0.275 e. The van der Waals surface area contributed by atoms with Gasteiger partial charge in [-0.25, -0.2) is 4.68 Å². The fourth-order valence-corrected chi connectivity index (χ4v) is 3.87. The Hall–Kier alpha value is -1.85. The molecule has 1 aromatic carbocycles. The van der Waals surface area contributed by atoms with Crippen LogP contribution in [0.2, 0.25) is 0 Å². The number of fused-ring (bicyclic) bond motifs is 1. The first-order valence-corrected chi connectivity index (χ1v) is 8.87. The smallest absolute Gasteiger partial charge is 0.275 e. The van der Waals surface area contributed by atoms with Gasteiger partial charge >= 0.3 is 0 Å². The summed E-state index contributed by atoms with van der Waals surface area (Å²) < 4.78 is 1.98. The van der Waals surface area contributed by atoms with Crippen molar-refractivity contribution < 1.29 is 4.79 Å². The molecule has 0 bridgehead atoms. The van der Waals surface area contributed by atoms with Crippen molar-refractivity contribution in [2.45, 2.75) is 45.2 Å². The van der Waals surface area contributed by atoms with E-state index in [1.165, 1.54) is 5.69 Å². The van der Waals surface area contributed by atoms with Crippen LogP contribution in [0.15, 0.2) is 30.3 Å². The fraction of sp³-hybridized carbons (Fsp3) is 0.474. The molecular formula is C19H25ClN4O. The highest BCUT2D eigenvalue weighted by Gasteiger charge is 2.34. The number of carbonyl (C=O) groups excluding carboxylic acids is 1. The summed E-state index contributed by atoms with van der Waals surface area (Å²) in [6.45, 7) is 5.84. The molecule has 2 atom stereocenters. The highest BCUT2D eigenvalue weighted by atomic mass is 35.5. The first-order chi connectivity index (χ1) is 11.7. The molecular weight excluding hydrogens is 336 g/mol. The standard InChI is InChI=1S/C19H24N4O.ClH/c1-13-14(2)22(12-11-20-13)19(24)18-16-9-6-10-17(16)23(21-18)15-7-4-3-5-8-15;/h3-5,7-8,13-14,20H,6,9-12H2,1-2H3;1H. The van der Waals surface area contributed by atoms with Crippen LogP contribution in [0.25, 0.3) is 5.69 Å². The van der Waals surface area contributed by atoms with E-state index in [0.29, 0.717) is 11.7 Å². The molecule has 2 aromatic rings. The van der Waals surface area contributed by atoms with E-state index in [1.54, 1.807) is 0 Å². The normalized spacial score (nSPS) is 22.4. The van der Waals surface area contributed by atoms with Crippen molar-refractivity contribution in [3.05, 3.63) is 47.3 Å². The van der Waals surface area contributed by atoms with E-state index in [-0.39, 0.29) is 24.4 Å². The minimum absolute atomic E-state index is 0. The van der Waals surface area contributed by atoms with Gasteiger partial charge in [-0.3, -0.25) is 4.79 Å². The number of halogens is 1. The van der Waals surface area contributed by atoms with E-state index in [1.807, 2.05) is 27.8 Å². The Morgan fingerprint density at radius 3 is 2.72 bits per heavy atom. The number of piperazine rings is 1. The summed E-state index contributed by atoms with van der Waals surface area (Å²) in [5.74, 6) is 0.0867. The number of nitrogens with zero attached hydrogens (tertiary/aromatic N) is 3. The average molecular weight is 361 g/mol. The van der Waals surface area contributed by atoms with Crippen molar-refractivity contribution in [1.29, 1.82) is 0 Å². The molecule has 2 unspecified atom stereocenters. The number of nitrogens with one attached hydrogen (secondary N) is 1. The second kappa shape index (κ2) is 7.18. The highest BCUT2D eigenvalue weighted by molar-refractivity contribution is 5.94. The molecule has 1 fully saturated rings. The summed E-state index contributed by atoms with van der Waals surface area (Å²) in [5, 5.41) is 8.17. The van der Waals surface area contributed by atoms with Crippen molar-refractivity contribution in [2.75, 3.05) is 13.1 Å². The Morgan fingerprint density at radius 2 is 1.96 bits per heavy atom. The molecule has 1 amide bonds. The van der Waals surface area contributed by atoms with Crippen molar-refractivity contribution in [3.8, 4) is 5.69 Å². The zero-order valence-electron chi connectivity index (χ0n) is 14.7. The summed E-state index contributed by atoms with van der Waals surface area (Å²) in [4.78, 5) is 15.2. The summed E-state index contributed by atoms with van der Waals surface area (Å²) >= 11 is 0. The number of para-hydroxylation sites is 1. The third-order valence-corrected chi connectivity index (χ3v) is 5.43. The lowest BCUT2D eigenvalue weighted by atomic mass is 10.1. The van der Waals surface area contributed by atoms with E-state index in [2.05, 4.69) is 31.3 Å². The van der Waals surface area contributed by atoms with Gasteiger partial charge in [0.25, 0.3) is 5.91 Å². The molecule has 5 nitrogen and oxygen atoms in total. The second-order valence-corrected chi connectivity index (χ2v) is 6.86. The highest BCUT2D eigenvalue weighted by Crippen LogP contribution is 2.29. The molecule has 1 aliphatic carbocycles. The van der Waals surface area contributed by atoms with Crippen molar-refractivity contribution in [1.82, 2.24) is 20.0 Å². The van der Waals surface area contributed by atoms with Crippen LogP contribution < -0.4 is 5.32 Å². The van der Waals surface area contributed by atoms with Crippen molar-refractivity contribution in [3.63, 3.8) is 0 Å². The molecule has 0 radical (unpaired) electrons. The van der Waals surface area contributed by atoms with E-state index in [9.17, 15) is 4.79 Å². The fourth-order valence-electron chi connectivity index (χ4n) is 3.87. The molecule has 4 rings (SSSR count). The molecule has 2 heterocycles. The largest absolute Gasteiger partial charge is 0.332 e. The number of rotatable bonds is 2. The molecule has 1 N–H and O–H groups in total. The summed E-state index contributed by atoms with van der Waals surface area (Å²) in [6, 6.07) is 10.6. The van der Waals surface area contributed by atoms with Crippen LogP contribution in [0.5, 0.6) is 0 Å². The topological polar surface area (TPSA) is 50.2 Å². The molecule has 134 valence electrons. The number of hydrogen-bond acceptors (Lipinski definition) is 3. The Bertz CT molecular complexity index is 758. The van der Waals surface area contributed by atoms with Gasteiger partial charge in [0, 0.05) is 36.4 Å². The maximum absolute atomic E-state index is 13.2. The number of hydrogen-bond donors (Lipinski definition) is 1. The van der Waals surface area contributed by atoms with Gasteiger partial charge in [-0.15, -0.1) is 12.4 Å². The van der Waals surface area contributed by atoms with Gasteiger partial charge in [-0.05, 0) is 45.2 Å². The van der Waals surface area contributed by atoms with E-state index < -0.39 is 0 Å². The molecule has 1 aliphatic heterocycles. The Kier molecular flexibility index (Phi) is 5.16. The SMILES string of the molecule is CC1NCCN(C(=O)c2nn(-c3ccccc3)c3c2CCC3)C1C.Cl. The molecule has 6 heteroatoms. The van der Waals surface area contributed by atoms with Gasteiger partial charge in [-0.1, -0.05) is 18.2 Å². The van der Waals surface area contributed by atoms with Crippen LogP contribution in [0.4, 0.5) is 0 Å². The quantitative estimate of drug-likeness (QED) is 0.895. The van der Waals surface area contributed by atoms with Crippen LogP contribution in [0.3, 0.4) is 0 Å². The third-order valence-electron chi connectivity index (χ3n) is 5.43. The van der Waals surface area contributed by atoms with Gasteiger partial charge < -0.3 is 10.2 Å². The van der Waals surface area contributed by atoms with Crippen LogP contribution in [-0.2, 0) is 12.8 Å². The lowest BCUT2D eigenvalue weighted by Gasteiger charge is -2.38.